The number of nitrogens with one attached hydrogen (secondary N) is 1. The van der Waals surface area contributed by atoms with Gasteiger partial charge in [0.2, 0.25) is 0 Å². The van der Waals surface area contributed by atoms with Crippen LogP contribution in [-0.2, 0) is 24.9 Å². The van der Waals surface area contributed by atoms with E-state index in [1.54, 1.807) is 0 Å². The zero-order chi connectivity index (χ0) is 14.0. The van der Waals surface area contributed by atoms with Crippen molar-refractivity contribution in [1.29, 1.82) is 0 Å². The van der Waals surface area contributed by atoms with Crippen LogP contribution in [0.5, 0.6) is 0 Å². The Kier molecular flexibility index (Phi) is 3.89. The fourth-order valence-corrected chi connectivity index (χ4v) is 3.59. The van der Waals surface area contributed by atoms with E-state index in [9.17, 15) is 0 Å². The Morgan fingerprint density at radius 2 is 2.25 bits per heavy atom. The summed E-state index contributed by atoms with van der Waals surface area (Å²) in [5.41, 5.74) is 0.166. The van der Waals surface area contributed by atoms with Gasteiger partial charge in [0.1, 0.15) is 11.6 Å². The topological polar surface area (TPSA) is 42.7 Å². The Morgan fingerprint density at radius 1 is 1.35 bits per heavy atom. The Labute approximate surface area is 124 Å². The van der Waals surface area contributed by atoms with Crippen molar-refractivity contribution < 1.29 is 0 Å². The summed E-state index contributed by atoms with van der Waals surface area (Å²) in [6, 6.07) is 4.34. The second kappa shape index (κ2) is 5.66. The molecule has 0 fully saturated rings. The third-order valence-corrected chi connectivity index (χ3v) is 5.21. The van der Waals surface area contributed by atoms with Crippen molar-refractivity contribution in [3.63, 3.8) is 0 Å². The summed E-state index contributed by atoms with van der Waals surface area (Å²) in [6.07, 6.45) is 3.57. The lowest BCUT2D eigenvalue weighted by Crippen LogP contribution is -2.32. The van der Waals surface area contributed by atoms with Gasteiger partial charge in [-0.2, -0.15) is 0 Å². The maximum Gasteiger partial charge on any atom is 0.147 e. The van der Waals surface area contributed by atoms with Crippen molar-refractivity contribution in [3.05, 3.63) is 34.0 Å². The third-order valence-electron chi connectivity index (χ3n) is 3.97. The fourth-order valence-electron chi connectivity index (χ4n) is 2.74. The fraction of sp³-hybridized carbons (Fsp3) is 0.600. The molecule has 0 spiro atoms. The number of thiophene rings is 1. The monoisotopic (exact) mass is 290 g/mol. The molecule has 0 amide bonds. The molecule has 3 heterocycles. The quantitative estimate of drug-likeness (QED) is 0.920. The van der Waals surface area contributed by atoms with Gasteiger partial charge in [-0.25, -0.2) is 0 Å². The number of hydrogen-bond acceptors (Lipinski definition) is 4. The van der Waals surface area contributed by atoms with E-state index in [1.165, 1.54) is 17.7 Å². The van der Waals surface area contributed by atoms with Crippen LogP contribution in [0, 0.1) is 0 Å². The Balaban J connectivity index is 1.59. The minimum absolute atomic E-state index is 0.166. The van der Waals surface area contributed by atoms with Gasteiger partial charge in [-0.05, 0) is 24.3 Å². The zero-order valence-corrected chi connectivity index (χ0v) is 13.0. The van der Waals surface area contributed by atoms with Gasteiger partial charge < -0.3 is 9.88 Å². The van der Waals surface area contributed by atoms with Gasteiger partial charge in [-0.15, -0.1) is 21.5 Å². The molecular weight excluding hydrogens is 268 g/mol. The van der Waals surface area contributed by atoms with Crippen LogP contribution in [-0.4, -0.2) is 21.3 Å². The predicted molar refractivity (Wildman–Crippen MR) is 82.0 cm³/mol. The molecule has 0 unspecified atom stereocenters. The molecule has 1 N–H and O–H groups in total. The predicted octanol–water partition coefficient (Wildman–Crippen LogP) is 2.74. The van der Waals surface area contributed by atoms with E-state index in [0.29, 0.717) is 0 Å². The number of nitrogens with zero attached hydrogens (tertiary/aromatic N) is 3. The minimum atomic E-state index is 0.166. The molecule has 0 aliphatic carbocycles. The van der Waals surface area contributed by atoms with Crippen molar-refractivity contribution in [3.8, 4) is 0 Å². The standard InChI is InChI=1S/C15H22N4S/c1-15(2,12-6-5-9-20-12)11-16-10-14-18-17-13-7-3-4-8-19(13)14/h5-6,9,16H,3-4,7-8,10-11H2,1-2H3. The van der Waals surface area contributed by atoms with Crippen LogP contribution in [0.1, 0.15) is 43.2 Å². The number of rotatable bonds is 5. The molecule has 0 saturated carbocycles. The van der Waals surface area contributed by atoms with Gasteiger partial charge in [-0.1, -0.05) is 19.9 Å². The number of hydrogen-bond donors (Lipinski definition) is 1. The average molecular weight is 290 g/mol. The summed E-state index contributed by atoms with van der Waals surface area (Å²) in [7, 11) is 0. The summed E-state index contributed by atoms with van der Waals surface area (Å²) >= 11 is 1.83. The Bertz CT molecular complexity index is 556. The van der Waals surface area contributed by atoms with Crippen molar-refractivity contribution >= 4 is 11.3 Å². The molecule has 2 aromatic rings. The van der Waals surface area contributed by atoms with E-state index >= 15 is 0 Å². The lowest BCUT2D eigenvalue weighted by Gasteiger charge is -2.24. The van der Waals surface area contributed by atoms with Crippen LogP contribution in [0.2, 0.25) is 0 Å². The largest absolute Gasteiger partial charge is 0.314 e. The van der Waals surface area contributed by atoms with E-state index in [4.69, 9.17) is 0 Å². The van der Waals surface area contributed by atoms with Gasteiger partial charge in [-0.3, -0.25) is 0 Å². The molecule has 1 aliphatic rings. The minimum Gasteiger partial charge on any atom is -0.314 e. The highest BCUT2D eigenvalue weighted by Crippen LogP contribution is 2.26. The second-order valence-electron chi connectivity index (χ2n) is 6.11. The third kappa shape index (κ3) is 2.79. The van der Waals surface area contributed by atoms with Crippen LogP contribution in [0.25, 0.3) is 0 Å². The van der Waals surface area contributed by atoms with Crippen LogP contribution < -0.4 is 5.32 Å². The molecule has 5 heteroatoms. The number of aryl methyl sites for hydroxylation is 1. The smallest absolute Gasteiger partial charge is 0.147 e. The normalized spacial score (nSPS) is 15.3. The average Bonchev–Trinajstić information content (AvgIpc) is 3.08. The first-order valence-corrected chi connectivity index (χ1v) is 8.20. The van der Waals surface area contributed by atoms with Crippen molar-refractivity contribution in [2.75, 3.05) is 6.54 Å². The molecule has 4 nitrogen and oxygen atoms in total. The zero-order valence-electron chi connectivity index (χ0n) is 12.2. The summed E-state index contributed by atoms with van der Waals surface area (Å²) in [5, 5.41) is 14.3. The molecule has 0 bridgehead atoms. The van der Waals surface area contributed by atoms with Crippen molar-refractivity contribution in [1.82, 2.24) is 20.1 Å². The van der Waals surface area contributed by atoms with Gasteiger partial charge in [0.25, 0.3) is 0 Å². The molecule has 0 radical (unpaired) electrons. The first kappa shape index (κ1) is 13.8. The van der Waals surface area contributed by atoms with Gasteiger partial charge in [0.15, 0.2) is 0 Å². The van der Waals surface area contributed by atoms with Gasteiger partial charge >= 0.3 is 0 Å². The lowest BCUT2D eigenvalue weighted by molar-refractivity contribution is 0.454. The summed E-state index contributed by atoms with van der Waals surface area (Å²) in [5.74, 6) is 2.24. The molecule has 0 aromatic carbocycles. The highest BCUT2D eigenvalue weighted by molar-refractivity contribution is 7.10. The van der Waals surface area contributed by atoms with Crippen LogP contribution in [0.15, 0.2) is 17.5 Å². The highest BCUT2D eigenvalue weighted by atomic mass is 32.1. The van der Waals surface area contributed by atoms with Crippen molar-refractivity contribution in [2.24, 2.45) is 0 Å². The summed E-state index contributed by atoms with van der Waals surface area (Å²) in [4.78, 5) is 1.42. The van der Waals surface area contributed by atoms with E-state index in [-0.39, 0.29) is 5.41 Å². The Morgan fingerprint density at radius 3 is 3.05 bits per heavy atom. The van der Waals surface area contributed by atoms with Gasteiger partial charge in [0.05, 0.1) is 6.54 Å². The van der Waals surface area contributed by atoms with Crippen LogP contribution in [0.3, 0.4) is 0 Å². The van der Waals surface area contributed by atoms with E-state index < -0.39 is 0 Å². The first-order chi connectivity index (χ1) is 9.67. The van der Waals surface area contributed by atoms with Crippen LogP contribution in [0.4, 0.5) is 0 Å². The first-order valence-electron chi connectivity index (χ1n) is 7.32. The molecule has 2 aromatic heterocycles. The molecule has 0 saturated heterocycles. The molecule has 3 rings (SSSR count). The maximum absolute atomic E-state index is 4.33. The number of aromatic nitrogens is 3. The SMILES string of the molecule is CC(C)(CNCc1nnc2n1CCCC2)c1cccs1. The number of fused-ring (bicyclic) bond motifs is 1. The molecule has 0 atom stereocenters. The van der Waals surface area contributed by atoms with E-state index in [0.717, 1.165) is 37.7 Å². The maximum atomic E-state index is 4.33. The molecule has 20 heavy (non-hydrogen) atoms. The molecule has 108 valence electrons. The molecule has 1 aliphatic heterocycles. The second-order valence-corrected chi connectivity index (χ2v) is 7.05. The van der Waals surface area contributed by atoms with E-state index in [2.05, 4.69) is 51.4 Å². The van der Waals surface area contributed by atoms with Crippen LogP contribution >= 0.6 is 11.3 Å². The van der Waals surface area contributed by atoms with Gasteiger partial charge in [0, 0.05) is 29.8 Å². The highest BCUT2D eigenvalue weighted by Gasteiger charge is 2.22. The summed E-state index contributed by atoms with van der Waals surface area (Å²) < 4.78 is 2.29. The van der Waals surface area contributed by atoms with Crippen molar-refractivity contribution in [2.45, 2.75) is 51.6 Å². The summed E-state index contributed by atoms with van der Waals surface area (Å²) in [6.45, 7) is 7.40. The molecular formula is C15H22N4S. The van der Waals surface area contributed by atoms with E-state index in [1.807, 2.05) is 11.3 Å². The Hall–Kier alpha value is -1.20. The lowest BCUT2D eigenvalue weighted by atomic mass is 9.91.